The third-order valence-corrected chi connectivity index (χ3v) is 3.94. The van der Waals surface area contributed by atoms with Crippen LogP contribution in [0.4, 0.5) is 4.39 Å². The number of methoxy groups -OCH3 is 1. The molecule has 1 heterocycles. The molecule has 0 spiro atoms. The molecule has 0 aliphatic heterocycles. The molecular weight excluding hydrogens is 341 g/mol. The summed E-state index contributed by atoms with van der Waals surface area (Å²) in [5.74, 6) is -1.72. The van der Waals surface area contributed by atoms with Gasteiger partial charge in [0.25, 0.3) is 0 Å². The zero-order valence-corrected chi connectivity index (χ0v) is 13.8. The van der Waals surface area contributed by atoms with Gasteiger partial charge in [-0.05, 0) is 47.5 Å². The van der Waals surface area contributed by atoms with Gasteiger partial charge in [-0.2, -0.15) is 0 Å². The van der Waals surface area contributed by atoms with E-state index in [1.807, 2.05) is 0 Å². The number of rotatable bonds is 6. The average molecular weight is 357 g/mol. The zero-order valence-electron chi connectivity index (χ0n) is 13.8. The van der Waals surface area contributed by atoms with Crippen LogP contribution in [0.1, 0.15) is 23.8 Å². The van der Waals surface area contributed by atoms with E-state index in [0.717, 1.165) is 0 Å². The van der Waals surface area contributed by atoms with Crippen LogP contribution in [0.15, 0.2) is 53.3 Å². The molecule has 0 saturated carbocycles. The van der Waals surface area contributed by atoms with Gasteiger partial charge in [-0.1, -0.05) is 0 Å². The number of phenols is 1. The number of phenolic OH excluding ortho intramolecular Hbond substituents is 1. The summed E-state index contributed by atoms with van der Waals surface area (Å²) >= 11 is 0. The molecule has 2 aromatic carbocycles. The number of aromatic hydroxyl groups is 1. The Bertz CT molecular complexity index is 924. The topological polar surface area (TPSA) is 92.8 Å². The van der Waals surface area contributed by atoms with Crippen molar-refractivity contribution >= 4 is 5.97 Å². The molecule has 0 bridgehead atoms. The Morgan fingerprint density at radius 1 is 1.31 bits per heavy atom. The van der Waals surface area contributed by atoms with Crippen LogP contribution >= 0.6 is 0 Å². The molecule has 3 aromatic rings. The summed E-state index contributed by atoms with van der Waals surface area (Å²) < 4.78 is 24.8. The third kappa shape index (κ3) is 3.66. The van der Waals surface area contributed by atoms with E-state index >= 15 is 0 Å². The average Bonchev–Trinajstić information content (AvgIpc) is 3.13. The fourth-order valence-electron chi connectivity index (χ4n) is 2.82. The fraction of sp³-hybridized carbons (Fsp3) is 0.158. The fourth-order valence-corrected chi connectivity index (χ4v) is 2.82. The smallest absolute Gasteiger partial charge is 0.304 e. The molecule has 0 aliphatic rings. The largest absolute Gasteiger partial charge is 0.508 e. The summed E-state index contributed by atoms with van der Waals surface area (Å²) in [6, 6.07) is 8.65. The molecule has 6 nitrogen and oxygen atoms in total. The minimum absolute atomic E-state index is 0.00129. The monoisotopic (exact) mass is 357 g/mol. The second-order valence-electron chi connectivity index (χ2n) is 5.68. The lowest BCUT2D eigenvalue weighted by Gasteiger charge is -2.15. The summed E-state index contributed by atoms with van der Waals surface area (Å²) in [7, 11) is 1.47. The van der Waals surface area contributed by atoms with Gasteiger partial charge in [0.1, 0.15) is 23.6 Å². The molecule has 1 atom stereocenters. The lowest BCUT2D eigenvalue weighted by molar-refractivity contribution is -0.137. The second kappa shape index (κ2) is 7.26. The first kappa shape index (κ1) is 17.5. The van der Waals surface area contributed by atoms with Gasteiger partial charge < -0.3 is 19.4 Å². The van der Waals surface area contributed by atoms with Crippen LogP contribution in [-0.2, 0) is 4.79 Å². The molecule has 0 fully saturated rings. The molecular formula is C19H16FNO5. The SMILES string of the molecule is COc1ccc(O)cc1-c1cc(F)cc(C(CC(=O)O)c2ncco2)c1. The summed E-state index contributed by atoms with van der Waals surface area (Å²) in [6.07, 6.45) is 2.44. The molecule has 134 valence electrons. The van der Waals surface area contributed by atoms with E-state index in [9.17, 15) is 19.4 Å². The minimum atomic E-state index is -1.06. The quantitative estimate of drug-likeness (QED) is 0.697. The van der Waals surface area contributed by atoms with Crippen molar-refractivity contribution in [3.05, 3.63) is 66.1 Å². The number of oxazole rings is 1. The minimum Gasteiger partial charge on any atom is -0.508 e. The Labute approximate surface area is 148 Å². The standard InChI is InChI=1S/C19H16FNO5/c1-25-17-3-2-14(22)9-15(17)11-6-12(8-13(20)7-11)16(10-18(23)24)19-21-4-5-26-19/h2-9,16,22H,10H2,1H3,(H,23,24). The molecule has 3 rings (SSSR count). The highest BCUT2D eigenvalue weighted by Crippen LogP contribution is 2.36. The number of aromatic nitrogens is 1. The molecule has 0 saturated heterocycles. The Kier molecular flexibility index (Phi) is 4.88. The molecule has 26 heavy (non-hydrogen) atoms. The van der Waals surface area contributed by atoms with Gasteiger partial charge in [-0.25, -0.2) is 9.37 Å². The van der Waals surface area contributed by atoms with Crippen LogP contribution in [0.3, 0.4) is 0 Å². The van der Waals surface area contributed by atoms with Crippen molar-refractivity contribution in [2.24, 2.45) is 0 Å². The number of ether oxygens (including phenoxy) is 1. The number of nitrogens with zero attached hydrogens (tertiary/aromatic N) is 1. The first-order valence-corrected chi connectivity index (χ1v) is 7.77. The van der Waals surface area contributed by atoms with Crippen LogP contribution < -0.4 is 4.74 Å². The first-order chi connectivity index (χ1) is 12.5. The van der Waals surface area contributed by atoms with Gasteiger partial charge in [0.15, 0.2) is 0 Å². The highest BCUT2D eigenvalue weighted by atomic mass is 19.1. The maximum absolute atomic E-state index is 14.3. The molecule has 7 heteroatoms. The highest BCUT2D eigenvalue weighted by Gasteiger charge is 2.23. The number of hydrogen-bond acceptors (Lipinski definition) is 5. The Morgan fingerprint density at radius 3 is 2.77 bits per heavy atom. The van der Waals surface area contributed by atoms with Crippen molar-refractivity contribution in [1.29, 1.82) is 0 Å². The molecule has 1 aromatic heterocycles. The Balaban J connectivity index is 2.13. The van der Waals surface area contributed by atoms with Gasteiger partial charge in [0.2, 0.25) is 5.89 Å². The number of hydrogen-bond donors (Lipinski definition) is 2. The molecule has 0 aliphatic carbocycles. The van der Waals surface area contributed by atoms with Crippen LogP contribution in [0.5, 0.6) is 11.5 Å². The van der Waals surface area contributed by atoms with E-state index in [0.29, 0.717) is 22.4 Å². The molecule has 0 amide bonds. The number of halogens is 1. The van der Waals surface area contributed by atoms with Crippen LogP contribution in [0.2, 0.25) is 0 Å². The van der Waals surface area contributed by atoms with E-state index in [2.05, 4.69) is 4.98 Å². The summed E-state index contributed by atoms with van der Waals surface area (Å²) in [5.41, 5.74) is 1.32. The van der Waals surface area contributed by atoms with Gasteiger partial charge >= 0.3 is 5.97 Å². The number of carboxylic acids is 1. The summed E-state index contributed by atoms with van der Waals surface area (Å²) in [5, 5.41) is 19.0. The first-order valence-electron chi connectivity index (χ1n) is 7.77. The highest BCUT2D eigenvalue weighted by molar-refractivity contribution is 5.73. The number of benzene rings is 2. The molecule has 1 unspecified atom stereocenters. The third-order valence-electron chi connectivity index (χ3n) is 3.94. The van der Waals surface area contributed by atoms with E-state index < -0.39 is 17.7 Å². The van der Waals surface area contributed by atoms with Crippen molar-refractivity contribution in [2.75, 3.05) is 7.11 Å². The molecule has 2 N–H and O–H groups in total. The van der Waals surface area contributed by atoms with Gasteiger partial charge in [0.05, 0.1) is 25.6 Å². The van der Waals surface area contributed by atoms with Gasteiger partial charge in [-0.3, -0.25) is 4.79 Å². The Hall–Kier alpha value is -3.35. The zero-order chi connectivity index (χ0) is 18.7. The number of carboxylic acid groups (broad SMARTS) is 1. The second-order valence-corrected chi connectivity index (χ2v) is 5.68. The van der Waals surface area contributed by atoms with E-state index in [-0.39, 0.29) is 18.1 Å². The van der Waals surface area contributed by atoms with E-state index in [1.165, 1.54) is 43.8 Å². The van der Waals surface area contributed by atoms with Crippen molar-refractivity contribution in [1.82, 2.24) is 4.98 Å². The number of carbonyl (C=O) groups is 1. The van der Waals surface area contributed by atoms with Crippen LogP contribution in [0, 0.1) is 5.82 Å². The molecule has 0 radical (unpaired) electrons. The maximum Gasteiger partial charge on any atom is 0.304 e. The lowest BCUT2D eigenvalue weighted by atomic mass is 9.92. The predicted molar refractivity (Wildman–Crippen MR) is 90.7 cm³/mol. The van der Waals surface area contributed by atoms with Gasteiger partial charge in [0, 0.05) is 5.56 Å². The van der Waals surface area contributed by atoms with Crippen LogP contribution in [-0.4, -0.2) is 28.3 Å². The van der Waals surface area contributed by atoms with Gasteiger partial charge in [-0.15, -0.1) is 0 Å². The van der Waals surface area contributed by atoms with Crippen molar-refractivity contribution in [3.8, 4) is 22.6 Å². The van der Waals surface area contributed by atoms with E-state index in [4.69, 9.17) is 9.15 Å². The Morgan fingerprint density at radius 2 is 2.12 bits per heavy atom. The summed E-state index contributed by atoms with van der Waals surface area (Å²) in [4.78, 5) is 15.3. The maximum atomic E-state index is 14.3. The lowest BCUT2D eigenvalue weighted by Crippen LogP contribution is -2.09. The predicted octanol–water partition coefficient (Wildman–Crippen LogP) is 3.80. The summed E-state index contributed by atoms with van der Waals surface area (Å²) in [6.45, 7) is 0. The van der Waals surface area contributed by atoms with Crippen LogP contribution in [0.25, 0.3) is 11.1 Å². The van der Waals surface area contributed by atoms with Crippen molar-refractivity contribution < 1.29 is 28.6 Å². The van der Waals surface area contributed by atoms with Crippen molar-refractivity contribution in [2.45, 2.75) is 12.3 Å². The normalized spacial score (nSPS) is 11.9. The van der Waals surface area contributed by atoms with E-state index in [1.54, 1.807) is 12.1 Å². The number of aliphatic carboxylic acids is 1. The van der Waals surface area contributed by atoms with Crippen molar-refractivity contribution in [3.63, 3.8) is 0 Å².